The van der Waals surface area contributed by atoms with Crippen LogP contribution in [0.3, 0.4) is 0 Å². The molecular formula is C15H24N2O3. The van der Waals surface area contributed by atoms with Crippen LogP contribution in [0.4, 0.5) is 5.69 Å². The third-order valence-corrected chi connectivity index (χ3v) is 3.25. The summed E-state index contributed by atoms with van der Waals surface area (Å²) in [4.78, 5) is 14.4. The second-order valence-electron chi connectivity index (χ2n) is 4.53. The highest BCUT2D eigenvalue weighted by atomic mass is 16.5. The van der Waals surface area contributed by atoms with Crippen molar-refractivity contribution in [3.8, 4) is 11.5 Å². The monoisotopic (exact) mass is 280 g/mol. The van der Waals surface area contributed by atoms with Gasteiger partial charge >= 0.3 is 0 Å². The fourth-order valence-corrected chi connectivity index (χ4v) is 1.99. The third kappa shape index (κ3) is 3.56. The molecule has 0 aliphatic heterocycles. The van der Waals surface area contributed by atoms with Gasteiger partial charge in [0.1, 0.15) is 11.5 Å². The molecule has 0 aromatic heterocycles. The van der Waals surface area contributed by atoms with E-state index in [1.165, 1.54) is 7.11 Å². The summed E-state index contributed by atoms with van der Waals surface area (Å²) in [6, 6.07) is 3.34. The number of nitrogens with two attached hydrogens (primary N) is 1. The van der Waals surface area contributed by atoms with Gasteiger partial charge in [-0.2, -0.15) is 0 Å². The van der Waals surface area contributed by atoms with Gasteiger partial charge in [0.25, 0.3) is 5.91 Å². The lowest BCUT2D eigenvalue weighted by Gasteiger charge is -2.22. The molecule has 5 nitrogen and oxygen atoms in total. The Hall–Kier alpha value is -1.91. The Morgan fingerprint density at radius 1 is 1.25 bits per heavy atom. The minimum atomic E-state index is -0.0874. The molecule has 1 rings (SSSR count). The van der Waals surface area contributed by atoms with E-state index in [0.29, 0.717) is 29.3 Å². The zero-order chi connectivity index (χ0) is 15.1. The average molecular weight is 280 g/mol. The summed E-state index contributed by atoms with van der Waals surface area (Å²) in [5.74, 6) is 0.931. The van der Waals surface area contributed by atoms with Crippen LogP contribution in [0.25, 0.3) is 0 Å². The van der Waals surface area contributed by atoms with Crippen molar-refractivity contribution in [2.45, 2.75) is 26.7 Å². The molecule has 0 aliphatic carbocycles. The van der Waals surface area contributed by atoms with Gasteiger partial charge in [-0.1, -0.05) is 13.3 Å². The predicted octanol–water partition coefficient (Wildman–Crippen LogP) is 2.55. The fraction of sp³-hybridized carbons (Fsp3) is 0.533. The van der Waals surface area contributed by atoms with Crippen molar-refractivity contribution >= 4 is 11.6 Å². The Balaban J connectivity index is 3.12. The maximum Gasteiger partial charge on any atom is 0.256 e. The first kappa shape index (κ1) is 16.1. The van der Waals surface area contributed by atoms with Crippen LogP contribution < -0.4 is 15.2 Å². The number of hydrogen-bond acceptors (Lipinski definition) is 4. The maximum absolute atomic E-state index is 12.6. The smallest absolute Gasteiger partial charge is 0.256 e. The third-order valence-electron chi connectivity index (χ3n) is 3.25. The summed E-state index contributed by atoms with van der Waals surface area (Å²) in [6.45, 7) is 5.44. The molecule has 0 aliphatic rings. The molecular weight excluding hydrogens is 256 g/mol. The largest absolute Gasteiger partial charge is 0.497 e. The second-order valence-corrected chi connectivity index (χ2v) is 4.53. The fourth-order valence-electron chi connectivity index (χ4n) is 1.99. The SMILES string of the molecule is CCCCN(CC)C(=O)c1cc(OC)cc(OC)c1N. The molecule has 112 valence electrons. The number of anilines is 1. The topological polar surface area (TPSA) is 64.8 Å². The molecule has 0 atom stereocenters. The lowest BCUT2D eigenvalue weighted by Crippen LogP contribution is -2.32. The van der Waals surface area contributed by atoms with Crippen molar-refractivity contribution in [3.05, 3.63) is 17.7 Å². The molecule has 0 fully saturated rings. The van der Waals surface area contributed by atoms with Gasteiger partial charge in [0.2, 0.25) is 0 Å². The summed E-state index contributed by atoms with van der Waals surface area (Å²) < 4.78 is 10.4. The highest BCUT2D eigenvalue weighted by Crippen LogP contribution is 2.31. The first-order valence-electron chi connectivity index (χ1n) is 6.89. The van der Waals surface area contributed by atoms with E-state index in [0.717, 1.165) is 19.4 Å². The molecule has 5 heteroatoms. The van der Waals surface area contributed by atoms with E-state index in [1.807, 2.05) is 6.92 Å². The van der Waals surface area contributed by atoms with Crippen molar-refractivity contribution in [1.29, 1.82) is 0 Å². The average Bonchev–Trinajstić information content (AvgIpc) is 2.48. The van der Waals surface area contributed by atoms with Gasteiger partial charge in [-0.05, 0) is 19.4 Å². The molecule has 0 spiro atoms. The quantitative estimate of drug-likeness (QED) is 0.780. The van der Waals surface area contributed by atoms with Crippen molar-refractivity contribution in [2.75, 3.05) is 33.0 Å². The molecule has 1 aromatic carbocycles. The first-order valence-corrected chi connectivity index (χ1v) is 6.89. The Morgan fingerprint density at radius 3 is 2.45 bits per heavy atom. The lowest BCUT2D eigenvalue weighted by atomic mass is 10.1. The molecule has 0 saturated carbocycles. The van der Waals surface area contributed by atoms with Gasteiger partial charge in [0.15, 0.2) is 0 Å². The van der Waals surface area contributed by atoms with Crippen molar-refractivity contribution < 1.29 is 14.3 Å². The number of nitrogens with zero attached hydrogens (tertiary/aromatic N) is 1. The number of nitrogen functional groups attached to an aromatic ring is 1. The second kappa shape index (κ2) is 7.62. The first-order chi connectivity index (χ1) is 9.58. The van der Waals surface area contributed by atoms with E-state index in [2.05, 4.69) is 6.92 Å². The number of carbonyl (C=O) groups is 1. The number of methoxy groups -OCH3 is 2. The Bertz CT molecular complexity index is 461. The van der Waals surface area contributed by atoms with Crippen molar-refractivity contribution in [3.63, 3.8) is 0 Å². The highest BCUT2D eigenvalue weighted by Gasteiger charge is 2.20. The van der Waals surface area contributed by atoms with E-state index < -0.39 is 0 Å². The van der Waals surface area contributed by atoms with Gasteiger partial charge < -0.3 is 20.1 Å². The number of unbranched alkanes of at least 4 members (excludes halogenated alkanes) is 1. The standard InChI is InChI=1S/C15H24N2O3/c1-5-7-8-17(6-2)15(18)12-9-11(19-3)10-13(20-4)14(12)16/h9-10H,5-8,16H2,1-4H3. The van der Waals surface area contributed by atoms with E-state index in [1.54, 1.807) is 24.1 Å². The number of rotatable bonds is 7. The van der Waals surface area contributed by atoms with Gasteiger partial charge in [0, 0.05) is 19.2 Å². The van der Waals surface area contributed by atoms with Gasteiger partial charge in [-0.3, -0.25) is 4.79 Å². The summed E-state index contributed by atoms with van der Waals surface area (Å²) >= 11 is 0. The van der Waals surface area contributed by atoms with Crippen LogP contribution in [0.15, 0.2) is 12.1 Å². The van der Waals surface area contributed by atoms with E-state index in [-0.39, 0.29) is 5.91 Å². The summed E-state index contributed by atoms with van der Waals surface area (Å²) in [5.41, 5.74) is 6.80. The Labute approximate surface area is 120 Å². The minimum Gasteiger partial charge on any atom is -0.497 e. The van der Waals surface area contributed by atoms with Gasteiger partial charge in [-0.15, -0.1) is 0 Å². The number of hydrogen-bond donors (Lipinski definition) is 1. The van der Waals surface area contributed by atoms with E-state index in [4.69, 9.17) is 15.2 Å². The lowest BCUT2D eigenvalue weighted by molar-refractivity contribution is 0.0762. The van der Waals surface area contributed by atoms with Crippen LogP contribution in [0.2, 0.25) is 0 Å². The zero-order valence-electron chi connectivity index (χ0n) is 12.7. The summed E-state index contributed by atoms with van der Waals surface area (Å²) in [7, 11) is 3.07. The molecule has 0 bridgehead atoms. The molecule has 0 heterocycles. The van der Waals surface area contributed by atoms with Gasteiger partial charge in [-0.25, -0.2) is 0 Å². The van der Waals surface area contributed by atoms with Crippen LogP contribution in [0.5, 0.6) is 11.5 Å². The van der Waals surface area contributed by atoms with Crippen LogP contribution in [0.1, 0.15) is 37.0 Å². The molecule has 0 radical (unpaired) electrons. The minimum absolute atomic E-state index is 0.0874. The van der Waals surface area contributed by atoms with Crippen LogP contribution in [0, 0.1) is 0 Å². The maximum atomic E-state index is 12.6. The van der Waals surface area contributed by atoms with Crippen LogP contribution >= 0.6 is 0 Å². The highest BCUT2D eigenvalue weighted by molar-refractivity contribution is 6.01. The molecule has 2 N–H and O–H groups in total. The Morgan fingerprint density at radius 2 is 1.95 bits per heavy atom. The number of carbonyl (C=O) groups excluding carboxylic acids is 1. The van der Waals surface area contributed by atoms with E-state index >= 15 is 0 Å². The van der Waals surface area contributed by atoms with Crippen LogP contribution in [-0.4, -0.2) is 38.1 Å². The van der Waals surface area contributed by atoms with Crippen molar-refractivity contribution in [1.82, 2.24) is 4.90 Å². The normalized spacial score (nSPS) is 10.2. The predicted molar refractivity (Wildman–Crippen MR) is 80.4 cm³/mol. The summed E-state index contributed by atoms with van der Waals surface area (Å²) in [6.07, 6.45) is 2.02. The van der Waals surface area contributed by atoms with Gasteiger partial charge in [0.05, 0.1) is 25.5 Å². The zero-order valence-corrected chi connectivity index (χ0v) is 12.7. The molecule has 0 unspecified atom stereocenters. The number of amides is 1. The van der Waals surface area contributed by atoms with Crippen LogP contribution in [-0.2, 0) is 0 Å². The number of benzene rings is 1. The molecule has 20 heavy (non-hydrogen) atoms. The van der Waals surface area contributed by atoms with E-state index in [9.17, 15) is 4.79 Å². The molecule has 1 amide bonds. The summed E-state index contributed by atoms with van der Waals surface area (Å²) in [5, 5.41) is 0. The molecule has 1 aromatic rings. The van der Waals surface area contributed by atoms with Crippen molar-refractivity contribution in [2.24, 2.45) is 0 Å². The molecule has 0 saturated heterocycles. The number of ether oxygens (including phenoxy) is 2. The Kier molecular flexibility index (Phi) is 6.15.